The van der Waals surface area contributed by atoms with E-state index in [4.69, 9.17) is 21.3 Å². The predicted molar refractivity (Wildman–Crippen MR) is 110 cm³/mol. The molecule has 7 nitrogen and oxygen atoms in total. The minimum Gasteiger partial charge on any atom is -0.496 e. The monoisotopic (exact) mass is 411 g/mol. The summed E-state index contributed by atoms with van der Waals surface area (Å²) >= 11 is 0. The number of carboxylic acid groups (broad SMARTS) is 1. The smallest absolute Gasteiger partial charge is 0.303 e. The zero-order valence-corrected chi connectivity index (χ0v) is 16.4. The molecule has 0 spiro atoms. The Morgan fingerprint density at radius 2 is 1.90 bits per heavy atom. The maximum Gasteiger partial charge on any atom is 0.303 e. The van der Waals surface area contributed by atoms with E-state index in [9.17, 15) is 14.0 Å². The van der Waals surface area contributed by atoms with E-state index in [2.05, 4.69) is 0 Å². The number of aromatic nitrogens is 1. The third-order valence-electron chi connectivity index (χ3n) is 4.82. The molecule has 1 amide bonds. The van der Waals surface area contributed by atoms with Crippen LogP contribution in [0.4, 0.5) is 4.39 Å². The molecule has 0 bridgehead atoms. The van der Waals surface area contributed by atoms with Crippen LogP contribution in [-0.4, -0.2) is 28.7 Å². The van der Waals surface area contributed by atoms with Gasteiger partial charge in [-0.2, -0.15) is 0 Å². The third kappa shape index (κ3) is 4.18. The Balaban J connectivity index is 2.25. The Morgan fingerprint density at radius 3 is 2.53 bits per heavy atom. The lowest BCUT2D eigenvalue weighted by atomic mass is 10.1. The van der Waals surface area contributed by atoms with Gasteiger partial charge in [-0.05, 0) is 54.4 Å². The summed E-state index contributed by atoms with van der Waals surface area (Å²) in [5, 5.41) is 9.13. The number of halogens is 1. The average molecular weight is 411 g/mol. The molecule has 0 saturated carbocycles. The van der Waals surface area contributed by atoms with Gasteiger partial charge in [0.1, 0.15) is 11.6 Å². The minimum atomic E-state index is -0.924. The number of hydrogen-bond donors (Lipinski definition) is 3. The summed E-state index contributed by atoms with van der Waals surface area (Å²) in [7, 11) is 1.45. The van der Waals surface area contributed by atoms with Crippen LogP contribution in [0.1, 0.15) is 28.0 Å². The van der Waals surface area contributed by atoms with E-state index in [-0.39, 0.29) is 19.4 Å². The number of aliphatic carboxylic acids is 1. The molecule has 5 N–H and O–H groups in total. The lowest BCUT2D eigenvalue weighted by Gasteiger charge is -2.19. The highest BCUT2D eigenvalue weighted by atomic mass is 19.1. The molecule has 0 atom stereocenters. The number of nitrogens with two attached hydrogens (primary N) is 2. The average Bonchev–Trinajstić information content (AvgIpc) is 3.14. The second kappa shape index (κ2) is 8.79. The molecule has 0 saturated heterocycles. The molecule has 0 radical (unpaired) electrons. The number of methoxy groups -OCH3 is 1. The predicted octanol–water partition coefficient (Wildman–Crippen LogP) is 2.87. The van der Waals surface area contributed by atoms with Gasteiger partial charge >= 0.3 is 5.97 Å². The molecule has 0 aliphatic heterocycles. The number of aryl methyl sites for hydroxylation is 1. The van der Waals surface area contributed by atoms with Gasteiger partial charge in [0.25, 0.3) is 0 Å². The van der Waals surface area contributed by atoms with Crippen molar-refractivity contribution in [2.45, 2.75) is 19.4 Å². The number of ether oxygens (including phenoxy) is 1. The van der Waals surface area contributed by atoms with E-state index >= 15 is 0 Å². The maximum atomic E-state index is 13.7. The molecule has 0 fully saturated rings. The number of carboxylic acids is 1. The van der Waals surface area contributed by atoms with E-state index in [1.54, 1.807) is 24.3 Å². The Labute approximate surface area is 172 Å². The fraction of sp³-hybridized carbons (Fsp3) is 0.182. The van der Waals surface area contributed by atoms with Gasteiger partial charge in [-0.3, -0.25) is 9.59 Å². The van der Waals surface area contributed by atoms with E-state index < -0.39 is 17.7 Å². The number of rotatable bonds is 8. The first-order valence-electron chi connectivity index (χ1n) is 9.25. The number of nitrogens with zero attached hydrogens (tertiary/aromatic N) is 1. The van der Waals surface area contributed by atoms with Crippen LogP contribution in [0.3, 0.4) is 0 Å². The van der Waals surface area contributed by atoms with Gasteiger partial charge in [0.2, 0.25) is 5.91 Å². The van der Waals surface area contributed by atoms with Crippen molar-refractivity contribution < 1.29 is 23.8 Å². The topological polar surface area (TPSA) is 121 Å². The zero-order chi connectivity index (χ0) is 21.8. The molecular weight excluding hydrogens is 389 g/mol. The molecule has 1 heterocycles. The first-order valence-corrected chi connectivity index (χ1v) is 9.25. The fourth-order valence-electron chi connectivity index (χ4n) is 3.40. The Kier molecular flexibility index (Phi) is 6.17. The molecule has 0 aliphatic rings. The second-order valence-corrected chi connectivity index (χ2v) is 6.70. The van der Waals surface area contributed by atoms with Crippen molar-refractivity contribution in [1.29, 1.82) is 0 Å². The lowest BCUT2D eigenvalue weighted by molar-refractivity contribution is -0.136. The van der Waals surface area contributed by atoms with Crippen LogP contribution in [0.15, 0.2) is 48.5 Å². The van der Waals surface area contributed by atoms with E-state index in [0.29, 0.717) is 33.8 Å². The molecular formula is C22H22FN3O4. The highest BCUT2D eigenvalue weighted by Gasteiger charge is 2.19. The van der Waals surface area contributed by atoms with E-state index in [1.807, 2.05) is 16.7 Å². The van der Waals surface area contributed by atoms with Gasteiger partial charge in [0, 0.05) is 29.4 Å². The fourth-order valence-corrected chi connectivity index (χ4v) is 3.40. The third-order valence-corrected chi connectivity index (χ3v) is 4.82. The summed E-state index contributed by atoms with van der Waals surface area (Å²) in [5.41, 5.74) is 15.0. The summed E-state index contributed by atoms with van der Waals surface area (Å²) in [5.74, 6) is -1.60. The lowest BCUT2D eigenvalue weighted by Crippen LogP contribution is -2.14. The highest BCUT2D eigenvalue weighted by molar-refractivity contribution is 5.93. The van der Waals surface area contributed by atoms with Crippen molar-refractivity contribution in [3.05, 3.63) is 71.2 Å². The molecule has 30 heavy (non-hydrogen) atoms. The van der Waals surface area contributed by atoms with E-state index in [1.165, 1.54) is 19.2 Å². The first-order chi connectivity index (χ1) is 14.3. The molecule has 1 aromatic heterocycles. The van der Waals surface area contributed by atoms with Gasteiger partial charge in [-0.1, -0.05) is 0 Å². The highest BCUT2D eigenvalue weighted by Crippen LogP contribution is 2.35. The number of carbonyl (C=O) groups excluding carboxylic acids is 1. The summed E-state index contributed by atoms with van der Waals surface area (Å²) in [6.07, 6.45) is 0.196. The van der Waals surface area contributed by atoms with Gasteiger partial charge < -0.3 is 25.9 Å². The number of benzene rings is 2. The van der Waals surface area contributed by atoms with Gasteiger partial charge in [0.15, 0.2) is 0 Å². The molecule has 8 heteroatoms. The molecule has 0 aliphatic carbocycles. The van der Waals surface area contributed by atoms with Crippen molar-refractivity contribution in [3.63, 3.8) is 0 Å². The molecule has 3 rings (SSSR count). The van der Waals surface area contributed by atoms with Crippen LogP contribution in [0, 0.1) is 5.82 Å². The summed E-state index contributed by atoms with van der Waals surface area (Å²) < 4.78 is 20.9. The number of primary amides is 1. The standard InChI is InChI=1S/C22H22FN3O4/c1-30-20-11-15(23)3-6-17(20)19-8-4-16(5-9-21(27)28)26(19)18-7-2-13(22(25)29)10-14(18)12-24/h2-4,6-8,10-11H,5,9,12,24H2,1H3,(H2,25,29)(H,27,28). The number of hydrogen-bond acceptors (Lipinski definition) is 4. The minimum absolute atomic E-state index is 0.0681. The van der Waals surface area contributed by atoms with Crippen molar-refractivity contribution in [3.8, 4) is 22.7 Å². The Bertz CT molecular complexity index is 1110. The van der Waals surface area contributed by atoms with Gasteiger partial charge in [-0.25, -0.2) is 4.39 Å². The van der Waals surface area contributed by atoms with Crippen LogP contribution in [-0.2, 0) is 17.8 Å². The number of carbonyl (C=O) groups is 2. The SMILES string of the molecule is COc1cc(F)ccc1-c1ccc(CCC(=O)O)n1-c1ccc(C(N)=O)cc1CN. The largest absolute Gasteiger partial charge is 0.496 e. The van der Waals surface area contributed by atoms with Crippen molar-refractivity contribution >= 4 is 11.9 Å². The Hall–Kier alpha value is -3.65. The van der Waals surface area contributed by atoms with E-state index in [0.717, 1.165) is 5.69 Å². The summed E-state index contributed by atoms with van der Waals surface area (Å²) in [6, 6.07) is 12.7. The van der Waals surface area contributed by atoms with Crippen LogP contribution in [0.2, 0.25) is 0 Å². The molecule has 156 valence electrons. The zero-order valence-electron chi connectivity index (χ0n) is 16.4. The van der Waals surface area contributed by atoms with Crippen molar-refractivity contribution in [2.75, 3.05) is 7.11 Å². The van der Waals surface area contributed by atoms with Gasteiger partial charge in [-0.15, -0.1) is 0 Å². The summed E-state index contributed by atoms with van der Waals surface area (Å²) in [4.78, 5) is 22.7. The maximum absolute atomic E-state index is 13.7. The molecule has 0 unspecified atom stereocenters. The van der Waals surface area contributed by atoms with Crippen LogP contribution in [0.5, 0.6) is 5.75 Å². The van der Waals surface area contributed by atoms with Crippen molar-refractivity contribution in [2.24, 2.45) is 11.5 Å². The number of amides is 1. The van der Waals surface area contributed by atoms with Crippen LogP contribution in [0.25, 0.3) is 16.9 Å². The molecule has 2 aromatic carbocycles. The quantitative estimate of drug-likeness (QED) is 0.526. The van der Waals surface area contributed by atoms with Gasteiger partial charge in [0.05, 0.1) is 24.9 Å². The first kappa shape index (κ1) is 21.1. The van der Waals surface area contributed by atoms with Crippen molar-refractivity contribution in [1.82, 2.24) is 4.57 Å². The summed E-state index contributed by atoms with van der Waals surface area (Å²) in [6.45, 7) is 0.132. The normalized spacial score (nSPS) is 10.8. The molecule has 3 aromatic rings. The second-order valence-electron chi connectivity index (χ2n) is 6.70. The Morgan fingerprint density at radius 1 is 1.13 bits per heavy atom. The van der Waals surface area contributed by atoms with Crippen LogP contribution < -0.4 is 16.2 Å². The van der Waals surface area contributed by atoms with Crippen LogP contribution >= 0.6 is 0 Å².